The Balaban J connectivity index is 2.41. The van der Waals surface area contributed by atoms with Crippen molar-refractivity contribution in [3.8, 4) is 0 Å². The highest BCUT2D eigenvalue weighted by Gasteiger charge is 2.35. The van der Waals surface area contributed by atoms with Crippen LogP contribution in [0.2, 0.25) is 0 Å². The van der Waals surface area contributed by atoms with E-state index < -0.39 is 26.6 Å². The van der Waals surface area contributed by atoms with Crippen molar-refractivity contribution in [1.82, 2.24) is 4.31 Å². The van der Waals surface area contributed by atoms with Gasteiger partial charge in [-0.05, 0) is 18.6 Å². The summed E-state index contributed by atoms with van der Waals surface area (Å²) < 4.78 is 57.5. The lowest BCUT2D eigenvalue weighted by Gasteiger charge is -2.17. The first-order chi connectivity index (χ1) is 8.86. The molecule has 106 valence electrons. The second kappa shape index (κ2) is 5.03. The zero-order valence-electron chi connectivity index (χ0n) is 10.3. The van der Waals surface area contributed by atoms with Crippen LogP contribution in [0.3, 0.4) is 0 Å². The quantitative estimate of drug-likeness (QED) is 0.842. The maximum Gasteiger partial charge on any atom is 0.246 e. The van der Waals surface area contributed by atoms with E-state index in [1.807, 2.05) is 0 Å². The molecule has 0 saturated carbocycles. The number of rotatable bonds is 3. The summed E-state index contributed by atoms with van der Waals surface area (Å²) in [6.07, 6.45) is 0.283. The minimum atomic E-state index is -4.10. The molecule has 0 amide bonds. The largest absolute Gasteiger partial charge is 0.399 e. The van der Waals surface area contributed by atoms with Gasteiger partial charge in [0.05, 0.1) is 6.10 Å². The first-order valence-electron chi connectivity index (χ1n) is 5.63. The second-order valence-electron chi connectivity index (χ2n) is 4.32. The lowest BCUT2D eigenvalue weighted by atomic mass is 10.3. The molecule has 1 aliphatic rings. The van der Waals surface area contributed by atoms with Gasteiger partial charge >= 0.3 is 0 Å². The topological polar surface area (TPSA) is 72.6 Å². The molecule has 0 bridgehead atoms. The van der Waals surface area contributed by atoms with Crippen molar-refractivity contribution in [2.45, 2.75) is 17.4 Å². The number of sulfonamides is 1. The fourth-order valence-corrected chi connectivity index (χ4v) is 3.61. The SMILES string of the molecule is COC1CCN(S(=O)(=O)c2cc(N)cc(F)c2F)C1. The third kappa shape index (κ3) is 2.56. The highest BCUT2D eigenvalue weighted by molar-refractivity contribution is 7.89. The van der Waals surface area contributed by atoms with E-state index in [2.05, 4.69) is 0 Å². The van der Waals surface area contributed by atoms with Gasteiger partial charge in [0.15, 0.2) is 11.6 Å². The summed E-state index contributed by atoms with van der Waals surface area (Å²) in [6.45, 7) is 0.325. The maximum atomic E-state index is 13.6. The Bertz CT molecular complexity index is 592. The molecular weight excluding hydrogens is 278 g/mol. The maximum absolute atomic E-state index is 13.6. The summed E-state index contributed by atoms with van der Waals surface area (Å²) in [4.78, 5) is -0.734. The average Bonchev–Trinajstić information content (AvgIpc) is 2.83. The predicted molar refractivity (Wildman–Crippen MR) is 64.9 cm³/mol. The van der Waals surface area contributed by atoms with Crippen LogP contribution >= 0.6 is 0 Å². The lowest BCUT2D eigenvalue weighted by molar-refractivity contribution is 0.115. The van der Waals surface area contributed by atoms with E-state index >= 15 is 0 Å². The summed E-state index contributed by atoms with van der Waals surface area (Å²) in [5.41, 5.74) is 5.22. The zero-order valence-corrected chi connectivity index (χ0v) is 11.1. The molecule has 19 heavy (non-hydrogen) atoms. The molecule has 1 atom stereocenters. The van der Waals surface area contributed by atoms with Gasteiger partial charge < -0.3 is 10.5 Å². The number of hydrogen-bond acceptors (Lipinski definition) is 4. The Morgan fingerprint density at radius 1 is 1.42 bits per heavy atom. The molecule has 1 aromatic rings. The van der Waals surface area contributed by atoms with Crippen LogP contribution in [0.5, 0.6) is 0 Å². The smallest absolute Gasteiger partial charge is 0.246 e. The highest BCUT2D eigenvalue weighted by atomic mass is 32.2. The van der Waals surface area contributed by atoms with Crippen molar-refractivity contribution in [2.24, 2.45) is 0 Å². The lowest BCUT2D eigenvalue weighted by Crippen LogP contribution is -2.31. The van der Waals surface area contributed by atoms with Crippen molar-refractivity contribution in [3.63, 3.8) is 0 Å². The van der Waals surface area contributed by atoms with Gasteiger partial charge in [-0.2, -0.15) is 4.31 Å². The Kier molecular flexibility index (Phi) is 3.75. The molecule has 1 fully saturated rings. The Hall–Kier alpha value is -1.25. The van der Waals surface area contributed by atoms with Gasteiger partial charge in [-0.3, -0.25) is 0 Å². The Morgan fingerprint density at radius 3 is 2.68 bits per heavy atom. The van der Waals surface area contributed by atoms with E-state index in [1.54, 1.807) is 0 Å². The number of nitrogens with two attached hydrogens (primary N) is 1. The fraction of sp³-hybridized carbons (Fsp3) is 0.455. The summed E-state index contributed by atoms with van der Waals surface area (Å²) in [6, 6.07) is 1.67. The molecule has 1 heterocycles. The number of nitrogen functional groups attached to an aromatic ring is 1. The Labute approximate surface area is 110 Å². The average molecular weight is 292 g/mol. The zero-order chi connectivity index (χ0) is 14.2. The van der Waals surface area contributed by atoms with Gasteiger partial charge in [0, 0.05) is 25.9 Å². The molecule has 0 spiro atoms. The molecule has 5 nitrogen and oxygen atoms in total. The molecule has 2 rings (SSSR count). The van der Waals surface area contributed by atoms with E-state index in [4.69, 9.17) is 10.5 Å². The van der Waals surface area contributed by atoms with Crippen LogP contribution < -0.4 is 5.73 Å². The fourth-order valence-electron chi connectivity index (χ4n) is 2.02. The summed E-state index contributed by atoms with van der Waals surface area (Å²) >= 11 is 0. The number of halogens is 2. The third-order valence-electron chi connectivity index (χ3n) is 3.08. The van der Waals surface area contributed by atoms with Crippen molar-refractivity contribution in [2.75, 3.05) is 25.9 Å². The van der Waals surface area contributed by atoms with Crippen molar-refractivity contribution >= 4 is 15.7 Å². The highest BCUT2D eigenvalue weighted by Crippen LogP contribution is 2.27. The predicted octanol–water partition coefficient (Wildman–Crippen LogP) is 0.956. The standard InChI is InChI=1S/C11H14F2N2O3S/c1-18-8-2-3-15(6-8)19(16,17)10-5-7(14)4-9(12)11(10)13/h4-5,8H,2-3,6,14H2,1H3. The van der Waals surface area contributed by atoms with Crippen LogP contribution in [-0.4, -0.2) is 39.0 Å². The number of nitrogens with zero attached hydrogens (tertiary/aromatic N) is 1. The van der Waals surface area contributed by atoms with Crippen molar-refractivity contribution in [1.29, 1.82) is 0 Å². The Morgan fingerprint density at radius 2 is 2.11 bits per heavy atom. The summed E-state index contributed by atoms with van der Waals surface area (Å²) in [5.74, 6) is -2.68. The molecule has 1 aromatic carbocycles. The van der Waals surface area contributed by atoms with E-state index in [-0.39, 0.29) is 24.9 Å². The minimum absolute atomic E-state index is 0.120. The molecule has 0 radical (unpaired) electrons. The van der Waals surface area contributed by atoms with Crippen LogP contribution in [-0.2, 0) is 14.8 Å². The molecule has 8 heteroatoms. The van der Waals surface area contributed by atoms with E-state index in [0.717, 1.165) is 16.4 Å². The van der Waals surface area contributed by atoms with E-state index in [1.165, 1.54) is 7.11 Å². The van der Waals surface area contributed by atoms with E-state index in [0.29, 0.717) is 6.42 Å². The molecular formula is C11H14F2N2O3S. The molecule has 1 aliphatic heterocycles. The molecule has 1 unspecified atom stereocenters. The van der Waals surface area contributed by atoms with Crippen molar-refractivity contribution in [3.05, 3.63) is 23.8 Å². The number of methoxy groups -OCH3 is 1. The van der Waals surface area contributed by atoms with Crippen LogP contribution in [0.1, 0.15) is 6.42 Å². The van der Waals surface area contributed by atoms with Crippen LogP contribution in [0.25, 0.3) is 0 Å². The summed E-state index contributed by atoms with van der Waals surface area (Å²) in [7, 11) is -2.63. The normalized spacial score (nSPS) is 20.9. The van der Waals surface area contributed by atoms with Gasteiger partial charge in [0.2, 0.25) is 10.0 Å². The monoisotopic (exact) mass is 292 g/mol. The number of benzene rings is 1. The molecule has 1 saturated heterocycles. The second-order valence-corrected chi connectivity index (χ2v) is 6.23. The molecule has 0 aromatic heterocycles. The summed E-state index contributed by atoms with van der Waals surface area (Å²) in [5, 5.41) is 0. The minimum Gasteiger partial charge on any atom is -0.399 e. The van der Waals surface area contributed by atoms with Crippen LogP contribution in [0.15, 0.2) is 17.0 Å². The van der Waals surface area contributed by atoms with Crippen molar-refractivity contribution < 1.29 is 21.9 Å². The van der Waals surface area contributed by atoms with E-state index in [9.17, 15) is 17.2 Å². The third-order valence-corrected chi connectivity index (χ3v) is 4.94. The number of hydrogen-bond donors (Lipinski definition) is 1. The van der Waals surface area contributed by atoms with Gasteiger partial charge in [-0.1, -0.05) is 0 Å². The molecule has 2 N–H and O–H groups in total. The van der Waals surface area contributed by atoms with Gasteiger partial charge in [0.25, 0.3) is 0 Å². The van der Waals surface area contributed by atoms with Crippen LogP contribution in [0.4, 0.5) is 14.5 Å². The number of ether oxygens (including phenoxy) is 1. The van der Waals surface area contributed by atoms with Gasteiger partial charge in [-0.25, -0.2) is 17.2 Å². The van der Waals surface area contributed by atoms with Crippen LogP contribution in [0, 0.1) is 11.6 Å². The first kappa shape index (κ1) is 14.2. The van der Waals surface area contributed by atoms with Gasteiger partial charge in [0.1, 0.15) is 4.90 Å². The van der Waals surface area contributed by atoms with Gasteiger partial charge in [-0.15, -0.1) is 0 Å². The number of anilines is 1. The first-order valence-corrected chi connectivity index (χ1v) is 7.07. The molecule has 0 aliphatic carbocycles.